The molecule has 9 heteroatoms. The van der Waals surface area contributed by atoms with Crippen molar-refractivity contribution in [2.75, 3.05) is 39.9 Å². The average molecular weight is 478 g/mol. The van der Waals surface area contributed by atoms with E-state index >= 15 is 0 Å². The first kappa shape index (κ1) is 23.3. The lowest BCUT2D eigenvalue weighted by atomic mass is 9.91. The number of carbonyl (C=O) groups excluding carboxylic acids is 2. The molecule has 2 aromatic carbocycles. The lowest BCUT2D eigenvalue weighted by molar-refractivity contribution is -0.175. The molecule has 3 aromatic rings. The summed E-state index contributed by atoms with van der Waals surface area (Å²) in [7, 11) is 1.77. The van der Waals surface area contributed by atoms with Gasteiger partial charge in [0.2, 0.25) is 5.91 Å². The summed E-state index contributed by atoms with van der Waals surface area (Å²) >= 11 is 0. The monoisotopic (exact) mass is 477 g/mol. The predicted molar refractivity (Wildman–Crippen MR) is 130 cm³/mol. The highest BCUT2D eigenvalue weighted by Crippen LogP contribution is 2.29. The lowest BCUT2D eigenvalue weighted by Gasteiger charge is -2.43. The number of morpholine rings is 1. The van der Waals surface area contributed by atoms with E-state index in [1.807, 2.05) is 42.5 Å². The zero-order valence-electron chi connectivity index (χ0n) is 20.1. The summed E-state index contributed by atoms with van der Waals surface area (Å²) in [6.07, 6.45) is 3.15. The zero-order chi connectivity index (χ0) is 24.3. The number of ether oxygens (including phenoxy) is 2. The summed E-state index contributed by atoms with van der Waals surface area (Å²) in [4.78, 5) is 30.3. The Balaban J connectivity index is 1.32. The van der Waals surface area contributed by atoms with Crippen molar-refractivity contribution >= 4 is 22.8 Å². The normalized spacial score (nSPS) is 21.8. The van der Waals surface area contributed by atoms with E-state index in [9.17, 15) is 9.59 Å². The van der Waals surface area contributed by atoms with Crippen LogP contribution in [0.4, 0.5) is 0 Å². The Bertz CT molecular complexity index is 1210. The van der Waals surface area contributed by atoms with Gasteiger partial charge in [0.05, 0.1) is 25.2 Å². The Labute approximate surface area is 204 Å². The average Bonchev–Trinajstić information content (AvgIpc) is 3.29. The molecule has 1 saturated heterocycles. The fourth-order valence-corrected chi connectivity index (χ4v) is 4.97. The second-order valence-electron chi connectivity index (χ2n) is 9.28. The number of para-hydroxylation sites is 2. The van der Waals surface area contributed by atoms with E-state index in [4.69, 9.17) is 9.47 Å². The predicted octanol–water partition coefficient (Wildman–Crippen LogP) is 2.29. The fraction of sp³-hybridized carbons (Fsp3) is 0.462. The molecule has 0 N–H and O–H groups in total. The topological polar surface area (TPSA) is 89.8 Å². The minimum Gasteiger partial charge on any atom is -0.491 e. The molecule has 0 radical (unpaired) electrons. The molecule has 5 rings (SSSR count). The largest absolute Gasteiger partial charge is 0.491 e. The van der Waals surface area contributed by atoms with Crippen LogP contribution in [0.15, 0.2) is 48.5 Å². The maximum Gasteiger partial charge on any atom is 0.256 e. The van der Waals surface area contributed by atoms with Crippen molar-refractivity contribution in [3.05, 3.63) is 54.1 Å². The van der Waals surface area contributed by atoms with Gasteiger partial charge in [-0.1, -0.05) is 35.5 Å². The fourth-order valence-electron chi connectivity index (χ4n) is 4.97. The Morgan fingerprint density at radius 1 is 1.06 bits per heavy atom. The van der Waals surface area contributed by atoms with Gasteiger partial charge in [0.1, 0.15) is 24.4 Å². The van der Waals surface area contributed by atoms with Gasteiger partial charge >= 0.3 is 0 Å². The van der Waals surface area contributed by atoms with Crippen LogP contribution in [-0.2, 0) is 27.3 Å². The lowest BCUT2D eigenvalue weighted by Crippen LogP contribution is -2.61. The molecule has 1 atom stereocenters. The Hall–Kier alpha value is -3.46. The van der Waals surface area contributed by atoms with Crippen molar-refractivity contribution < 1.29 is 19.1 Å². The Morgan fingerprint density at radius 2 is 1.89 bits per heavy atom. The molecule has 184 valence electrons. The number of benzene rings is 2. The molecule has 1 spiro atoms. The van der Waals surface area contributed by atoms with Crippen molar-refractivity contribution in [1.29, 1.82) is 0 Å². The third kappa shape index (κ3) is 4.86. The number of likely N-dealkylation sites (N-methyl/N-ethyl adjacent to an activating group) is 1. The SMILES string of the molecule is CN1CCOc2ccccc2CCCCC2(CN(C(=O)Cn3nnc4ccccc43)CCO2)C1=O. The summed E-state index contributed by atoms with van der Waals surface area (Å²) in [5.74, 6) is 0.691. The number of nitrogens with zero attached hydrogens (tertiary/aromatic N) is 5. The minimum absolute atomic E-state index is 0.0746. The number of fused-ring (bicyclic) bond motifs is 2. The quantitative estimate of drug-likeness (QED) is 0.563. The van der Waals surface area contributed by atoms with E-state index in [0.717, 1.165) is 36.0 Å². The maximum absolute atomic E-state index is 13.6. The van der Waals surface area contributed by atoms with E-state index in [2.05, 4.69) is 16.4 Å². The first-order chi connectivity index (χ1) is 17.1. The number of hydrogen-bond donors (Lipinski definition) is 0. The Morgan fingerprint density at radius 3 is 2.80 bits per heavy atom. The second-order valence-corrected chi connectivity index (χ2v) is 9.28. The standard InChI is InChI=1S/C26H31N5O4/c1-29-14-16-34-23-12-5-2-8-20(23)9-6-7-13-26(25(29)33)19-30(15-17-35-26)24(32)18-31-22-11-4-3-10-21(22)27-28-31/h2-5,8,10-12H,6-7,9,13-19H2,1H3. The molecule has 2 aliphatic rings. The molecule has 1 unspecified atom stereocenters. The first-order valence-corrected chi connectivity index (χ1v) is 12.2. The second kappa shape index (κ2) is 10.0. The summed E-state index contributed by atoms with van der Waals surface area (Å²) in [6.45, 7) is 1.92. The van der Waals surface area contributed by atoms with Crippen molar-refractivity contribution in [3.8, 4) is 5.75 Å². The number of rotatable bonds is 2. The third-order valence-electron chi connectivity index (χ3n) is 6.91. The summed E-state index contributed by atoms with van der Waals surface area (Å²) in [5.41, 5.74) is 1.69. The number of aryl methyl sites for hydroxylation is 1. The molecule has 1 fully saturated rings. The van der Waals surface area contributed by atoms with Gasteiger partial charge in [0.15, 0.2) is 5.60 Å². The van der Waals surface area contributed by atoms with Crippen molar-refractivity contribution in [1.82, 2.24) is 24.8 Å². The van der Waals surface area contributed by atoms with Gasteiger partial charge < -0.3 is 19.3 Å². The van der Waals surface area contributed by atoms with Crippen LogP contribution in [0, 0.1) is 0 Å². The number of amides is 2. The molecule has 0 saturated carbocycles. The van der Waals surface area contributed by atoms with Gasteiger partial charge in [0, 0.05) is 13.6 Å². The van der Waals surface area contributed by atoms with Crippen LogP contribution in [0.5, 0.6) is 5.75 Å². The van der Waals surface area contributed by atoms with Crippen LogP contribution >= 0.6 is 0 Å². The molecule has 2 amide bonds. The molecule has 0 aliphatic carbocycles. The van der Waals surface area contributed by atoms with Crippen LogP contribution in [0.1, 0.15) is 24.8 Å². The molecule has 1 aromatic heterocycles. The van der Waals surface area contributed by atoms with E-state index in [-0.39, 0.29) is 24.9 Å². The third-order valence-corrected chi connectivity index (χ3v) is 6.91. The van der Waals surface area contributed by atoms with E-state index in [1.54, 1.807) is 21.5 Å². The Kier molecular flexibility index (Phi) is 6.68. The minimum atomic E-state index is -1.05. The molecule has 2 aliphatic heterocycles. The van der Waals surface area contributed by atoms with Gasteiger partial charge in [-0.05, 0) is 49.4 Å². The van der Waals surface area contributed by atoms with Crippen LogP contribution in [0.3, 0.4) is 0 Å². The van der Waals surface area contributed by atoms with Crippen LogP contribution in [-0.4, -0.2) is 82.1 Å². The van der Waals surface area contributed by atoms with Gasteiger partial charge in [-0.15, -0.1) is 5.10 Å². The van der Waals surface area contributed by atoms with Gasteiger partial charge in [0.25, 0.3) is 5.91 Å². The summed E-state index contributed by atoms with van der Waals surface area (Å²) < 4.78 is 13.8. The van der Waals surface area contributed by atoms with Gasteiger partial charge in [-0.3, -0.25) is 9.59 Å². The number of carbonyl (C=O) groups is 2. The van der Waals surface area contributed by atoms with Crippen molar-refractivity contribution in [2.24, 2.45) is 0 Å². The summed E-state index contributed by atoms with van der Waals surface area (Å²) in [6, 6.07) is 15.6. The number of hydrogen-bond acceptors (Lipinski definition) is 6. The smallest absolute Gasteiger partial charge is 0.256 e. The van der Waals surface area contributed by atoms with Crippen LogP contribution in [0.25, 0.3) is 11.0 Å². The molecular formula is C26H31N5O4. The van der Waals surface area contributed by atoms with E-state index in [0.29, 0.717) is 32.7 Å². The highest BCUT2D eigenvalue weighted by molar-refractivity contribution is 5.87. The van der Waals surface area contributed by atoms with Gasteiger partial charge in [-0.2, -0.15) is 0 Å². The van der Waals surface area contributed by atoms with Crippen molar-refractivity contribution in [3.63, 3.8) is 0 Å². The molecule has 9 nitrogen and oxygen atoms in total. The highest BCUT2D eigenvalue weighted by atomic mass is 16.5. The maximum atomic E-state index is 13.6. The number of aromatic nitrogens is 3. The first-order valence-electron chi connectivity index (χ1n) is 12.2. The van der Waals surface area contributed by atoms with Gasteiger partial charge in [-0.25, -0.2) is 4.68 Å². The molecule has 3 heterocycles. The molecule has 35 heavy (non-hydrogen) atoms. The highest BCUT2D eigenvalue weighted by Gasteiger charge is 2.46. The van der Waals surface area contributed by atoms with Crippen molar-refractivity contribution in [2.45, 2.75) is 37.8 Å². The molecule has 0 bridgehead atoms. The molecular weight excluding hydrogens is 446 g/mol. The summed E-state index contributed by atoms with van der Waals surface area (Å²) in [5, 5.41) is 8.29. The van der Waals surface area contributed by atoms with Crippen LogP contribution < -0.4 is 4.74 Å². The van der Waals surface area contributed by atoms with E-state index < -0.39 is 5.60 Å². The van der Waals surface area contributed by atoms with Crippen LogP contribution in [0.2, 0.25) is 0 Å². The zero-order valence-corrected chi connectivity index (χ0v) is 20.1. The van der Waals surface area contributed by atoms with E-state index in [1.165, 1.54) is 5.56 Å².